The fourth-order valence-corrected chi connectivity index (χ4v) is 2.17. The van der Waals surface area contributed by atoms with Crippen molar-refractivity contribution in [1.29, 1.82) is 0 Å². The van der Waals surface area contributed by atoms with Gasteiger partial charge in [-0.15, -0.1) is 0 Å². The fourth-order valence-electron chi connectivity index (χ4n) is 1.69. The van der Waals surface area contributed by atoms with Gasteiger partial charge in [0.1, 0.15) is 0 Å². The molecule has 0 aliphatic rings. The van der Waals surface area contributed by atoms with E-state index in [0.717, 1.165) is 34.8 Å². The summed E-state index contributed by atoms with van der Waals surface area (Å²) in [6, 6.07) is 8.14. The maximum atomic E-state index is 4.50. The maximum Gasteiger partial charge on any atom is 0.207 e. The average molecular weight is 294 g/mol. The number of hydrogen-bond donors (Lipinski definition) is 1. The van der Waals surface area contributed by atoms with Gasteiger partial charge in [0, 0.05) is 17.2 Å². The summed E-state index contributed by atoms with van der Waals surface area (Å²) in [5.41, 5.74) is 2.12. The van der Waals surface area contributed by atoms with E-state index in [-0.39, 0.29) is 0 Å². The van der Waals surface area contributed by atoms with E-state index in [1.54, 1.807) is 0 Å². The Labute approximate surface area is 110 Å². The van der Waals surface area contributed by atoms with Gasteiger partial charge < -0.3 is 5.32 Å². The number of benzene rings is 1. The van der Waals surface area contributed by atoms with Gasteiger partial charge in [-0.3, -0.25) is 4.57 Å². The normalized spacial score (nSPS) is 10.5. The second kappa shape index (κ2) is 5.36. The van der Waals surface area contributed by atoms with Crippen LogP contribution >= 0.6 is 15.9 Å². The lowest BCUT2D eigenvalue weighted by Crippen LogP contribution is -2.06. The van der Waals surface area contributed by atoms with Crippen molar-refractivity contribution >= 4 is 21.9 Å². The first-order chi connectivity index (χ1) is 8.22. The lowest BCUT2D eigenvalue weighted by Gasteiger charge is -2.10. The highest BCUT2D eigenvalue weighted by Crippen LogP contribution is 2.24. The van der Waals surface area contributed by atoms with Crippen LogP contribution in [0.15, 0.2) is 34.9 Å². The highest BCUT2D eigenvalue weighted by Gasteiger charge is 2.08. The van der Waals surface area contributed by atoms with Crippen LogP contribution in [0.25, 0.3) is 5.69 Å². The molecule has 1 aromatic heterocycles. The van der Waals surface area contributed by atoms with E-state index >= 15 is 0 Å². The number of nitrogens with zero attached hydrogens (tertiary/aromatic N) is 2. The second-order valence-electron chi connectivity index (χ2n) is 3.95. The molecule has 2 aromatic rings. The maximum absolute atomic E-state index is 4.50. The molecule has 0 saturated carbocycles. The molecule has 0 atom stereocenters. The second-order valence-corrected chi connectivity index (χ2v) is 4.81. The van der Waals surface area contributed by atoms with E-state index in [1.807, 2.05) is 31.3 Å². The molecule has 0 amide bonds. The fraction of sp³-hybridized carbons (Fsp3) is 0.308. The first kappa shape index (κ1) is 12.2. The summed E-state index contributed by atoms with van der Waals surface area (Å²) < 4.78 is 3.15. The summed E-state index contributed by atoms with van der Waals surface area (Å²) >= 11 is 3.57. The number of halogens is 1. The number of nitrogens with one attached hydrogen (secondary N) is 1. The van der Waals surface area contributed by atoms with Crippen LogP contribution in [-0.2, 0) is 0 Å². The third-order valence-corrected chi connectivity index (χ3v) is 3.14. The largest absolute Gasteiger partial charge is 0.355 e. The minimum absolute atomic E-state index is 0.899. The van der Waals surface area contributed by atoms with Gasteiger partial charge in [0.2, 0.25) is 5.95 Å². The minimum Gasteiger partial charge on any atom is -0.355 e. The number of imidazole rings is 1. The lowest BCUT2D eigenvalue weighted by atomic mass is 10.3. The zero-order valence-electron chi connectivity index (χ0n) is 10.1. The van der Waals surface area contributed by atoms with Gasteiger partial charge in [-0.25, -0.2) is 4.98 Å². The van der Waals surface area contributed by atoms with Crippen molar-refractivity contribution in [3.8, 4) is 5.69 Å². The van der Waals surface area contributed by atoms with Crippen LogP contribution in [0, 0.1) is 6.92 Å². The Morgan fingerprint density at radius 1 is 1.35 bits per heavy atom. The van der Waals surface area contributed by atoms with Crippen LogP contribution in [0.4, 0.5) is 5.95 Å². The van der Waals surface area contributed by atoms with Crippen LogP contribution < -0.4 is 5.32 Å². The van der Waals surface area contributed by atoms with Gasteiger partial charge in [-0.05, 0) is 41.4 Å². The highest BCUT2D eigenvalue weighted by molar-refractivity contribution is 9.10. The zero-order chi connectivity index (χ0) is 12.3. The van der Waals surface area contributed by atoms with Crippen LogP contribution in [0.2, 0.25) is 0 Å². The predicted octanol–water partition coefficient (Wildman–Crippen LogP) is 3.77. The molecule has 90 valence electrons. The summed E-state index contributed by atoms with van der Waals surface area (Å²) in [4.78, 5) is 4.50. The molecule has 0 saturated heterocycles. The van der Waals surface area contributed by atoms with Gasteiger partial charge in [0.25, 0.3) is 0 Å². The number of para-hydroxylation sites is 1. The lowest BCUT2D eigenvalue weighted by molar-refractivity contribution is 0.935. The molecule has 0 fully saturated rings. The van der Waals surface area contributed by atoms with Gasteiger partial charge in [-0.2, -0.15) is 0 Å². The third-order valence-electron chi connectivity index (χ3n) is 2.47. The Kier molecular flexibility index (Phi) is 3.84. The Bertz CT molecular complexity index is 505. The number of hydrogen-bond acceptors (Lipinski definition) is 2. The van der Waals surface area contributed by atoms with E-state index in [9.17, 15) is 0 Å². The molecular weight excluding hydrogens is 278 g/mol. The van der Waals surface area contributed by atoms with Crippen molar-refractivity contribution in [2.75, 3.05) is 11.9 Å². The first-order valence-corrected chi connectivity index (χ1v) is 6.56. The number of anilines is 1. The van der Waals surface area contributed by atoms with Crippen molar-refractivity contribution < 1.29 is 0 Å². The molecule has 0 unspecified atom stereocenters. The molecule has 0 radical (unpaired) electrons. The molecule has 4 heteroatoms. The molecule has 17 heavy (non-hydrogen) atoms. The molecule has 1 aromatic carbocycles. The minimum atomic E-state index is 0.899. The quantitative estimate of drug-likeness (QED) is 0.930. The van der Waals surface area contributed by atoms with E-state index in [0.29, 0.717) is 0 Å². The molecule has 0 spiro atoms. The van der Waals surface area contributed by atoms with Crippen molar-refractivity contribution in [3.63, 3.8) is 0 Å². The van der Waals surface area contributed by atoms with E-state index in [1.165, 1.54) is 0 Å². The first-order valence-electron chi connectivity index (χ1n) is 5.77. The van der Waals surface area contributed by atoms with Gasteiger partial charge in [0.15, 0.2) is 0 Å². The summed E-state index contributed by atoms with van der Waals surface area (Å²) in [7, 11) is 0. The summed E-state index contributed by atoms with van der Waals surface area (Å²) in [5, 5.41) is 3.34. The molecule has 3 nitrogen and oxygen atoms in total. The Hall–Kier alpha value is -1.29. The Balaban J connectivity index is 2.41. The molecule has 2 rings (SSSR count). The number of rotatable bonds is 4. The summed E-state index contributed by atoms with van der Waals surface area (Å²) in [6.07, 6.45) is 3.12. The molecule has 0 aliphatic heterocycles. The smallest absolute Gasteiger partial charge is 0.207 e. The third kappa shape index (κ3) is 2.69. The van der Waals surface area contributed by atoms with Crippen molar-refractivity contribution in [2.24, 2.45) is 0 Å². The van der Waals surface area contributed by atoms with Crippen LogP contribution in [-0.4, -0.2) is 16.1 Å². The van der Waals surface area contributed by atoms with Crippen molar-refractivity contribution in [1.82, 2.24) is 9.55 Å². The molecular formula is C13H16BrN3. The topological polar surface area (TPSA) is 29.9 Å². The van der Waals surface area contributed by atoms with Crippen LogP contribution in [0.5, 0.6) is 0 Å². The van der Waals surface area contributed by atoms with Crippen molar-refractivity contribution in [3.05, 3.63) is 40.6 Å². The van der Waals surface area contributed by atoms with E-state index < -0.39 is 0 Å². The predicted molar refractivity (Wildman–Crippen MR) is 74.8 cm³/mol. The van der Waals surface area contributed by atoms with Crippen molar-refractivity contribution in [2.45, 2.75) is 20.3 Å². The molecule has 0 bridgehead atoms. The van der Waals surface area contributed by atoms with E-state index in [2.05, 4.69) is 43.8 Å². The Morgan fingerprint density at radius 2 is 2.12 bits per heavy atom. The van der Waals surface area contributed by atoms with E-state index in [4.69, 9.17) is 0 Å². The summed E-state index contributed by atoms with van der Waals surface area (Å²) in [5.74, 6) is 0.899. The van der Waals surface area contributed by atoms with Gasteiger partial charge in [0.05, 0.1) is 11.4 Å². The number of aromatic nitrogens is 2. The highest BCUT2D eigenvalue weighted by atomic mass is 79.9. The summed E-state index contributed by atoms with van der Waals surface area (Å²) in [6.45, 7) is 5.08. The van der Waals surface area contributed by atoms with Gasteiger partial charge >= 0.3 is 0 Å². The van der Waals surface area contributed by atoms with Crippen LogP contribution in [0.1, 0.15) is 19.0 Å². The monoisotopic (exact) mass is 293 g/mol. The van der Waals surface area contributed by atoms with Gasteiger partial charge in [-0.1, -0.05) is 19.1 Å². The zero-order valence-corrected chi connectivity index (χ0v) is 11.7. The standard InChI is InChI=1S/C13H16BrN3/c1-3-8-15-13-16-10(2)9-17(13)12-7-5-4-6-11(12)14/h4-7,9H,3,8H2,1-2H3,(H,15,16). The number of aryl methyl sites for hydroxylation is 1. The SMILES string of the molecule is CCCNc1nc(C)cn1-c1ccccc1Br. The molecule has 1 N–H and O–H groups in total. The van der Waals surface area contributed by atoms with Crippen LogP contribution in [0.3, 0.4) is 0 Å². The Morgan fingerprint density at radius 3 is 2.82 bits per heavy atom. The molecule has 1 heterocycles. The average Bonchev–Trinajstić information content (AvgIpc) is 2.68. The molecule has 0 aliphatic carbocycles.